The van der Waals surface area contributed by atoms with Crippen LogP contribution in [-0.2, 0) is 21.7 Å². The molecule has 0 saturated carbocycles. The molecule has 0 aliphatic carbocycles. The van der Waals surface area contributed by atoms with Crippen molar-refractivity contribution in [3.63, 3.8) is 0 Å². The molecule has 0 spiro atoms. The second kappa shape index (κ2) is 8.99. The van der Waals surface area contributed by atoms with Crippen molar-refractivity contribution in [2.75, 3.05) is 36.0 Å². The molecule has 4 nitrogen and oxygen atoms in total. The summed E-state index contributed by atoms with van der Waals surface area (Å²) in [6.07, 6.45) is 4.58. The van der Waals surface area contributed by atoms with E-state index in [2.05, 4.69) is 114 Å². The van der Waals surface area contributed by atoms with Gasteiger partial charge in [0.1, 0.15) is 23.0 Å². The van der Waals surface area contributed by atoms with Gasteiger partial charge in [-0.15, -0.1) is 0 Å². The van der Waals surface area contributed by atoms with Crippen LogP contribution in [-0.4, -0.2) is 26.2 Å². The van der Waals surface area contributed by atoms with Crippen molar-refractivity contribution in [3.8, 4) is 45.3 Å². The number of rotatable bonds is 0. The summed E-state index contributed by atoms with van der Waals surface area (Å²) in [4.78, 5) is 5.31. The number of hydrogen-bond acceptors (Lipinski definition) is 4. The SMILES string of the molecule is CC1(C)CCN2CCC(C)(C)c3c4c(cc1c32)-c1c2ccccc2c2c3c(ccc(c13)O4)Oc1c-2cc2c3c1C(C)(C)CCN3CCC2(C)C. The van der Waals surface area contributed by atoms with Crippen LogP contribution in [0, 0.1) is 0 Å². The van der Waals surface area contributed by atoms with Crippen LogP contribution >= 0.6 is 0 Å². The molecule has 254 valence electrons. The molecule has 0 amide bonds. The standard InChI is InChI=1S/C46H48N2O2/c1-43(2)15-19-47-21-17-45(5,6)37-39(47)29(43)23-27-33-25-11-9-10-12-26(25)34-28-24-30-40-38(46(7,8)18-22-48(40)20-16-44(30,3)4)42(28)50-32-14-13-31(49-41(27)37)35(33)36(32)34/h9-14,23-24H,15-22H2,1-8H3. The van der Waals surface area contributed by atoms with Crippen molar-refractivity contribution in [1.29, 1.82) is 0 Å². The molecule has 5 aromatic rings. The molecule has 0 aromatic heterocycles. The van der Waals surface area contributed by atoms with Crippen molar-refractivity contribution >= 4 is 32.9 Å². The van der Waals surface area contributed by atoms with E-state index in [9.17, 15) is 0 Å². The summed E-state index contributed by atoms with van der Waals surface area (Å²) < 4.78 is 14.6. The molecule has 0 radical (unpaired) electrons. The minimum atomic E-state index is 0.00705. The highest BCUT2D eigenvalue weighted by Crippen LogP contribution is 2.65. The number of fused-ring (bicyclic) bond motifs is 9. The molecule has 0 atom stereocenters. The number of nitrogens with zero attached hydrogens (tertiary/aromatic N) is 2. The largest absolute Gasteiger partial charge is 0.456 e. The summed E-state index contributed by atoms with van der Waals surface area (Å²) in [5.74, 6) is 4.04. The second-order valence-corrected chi connectivity index (χ2v) is 18.9. The zero-order chi connectivity index (χ0) is 34.3. The minimum absolute atomic E-state index is 0.00705. The molecule has 0 saturated heterocycles. The summed E-state index contributed by atoms with van der Waals surface area (Å²) in [5.41, 5.74) is 13.9. The van der Waals surface area contributed by atoms with E-state index in [4.69, 9.17) is 9.47 Å². The van der Waals surface area contributed by atoms with Gasteiger partial charge in [0, 0.05) is 81.7 Å². The van der Waals surface area contributed by atoms with Crippen LogP contribution in [0.5, 0.6) is 23.0 Å². The Bertz CT molecular complexity index is 2240. The highest BCUT2D eigenvalue weighted by molar-refractivity contribution is 6.27. The maximum absolute atomic E-state index is 7.28. The lowest BCUT2D eigenvalue weighted by molar-refractivity contribution is 0.381. The molecule has 6 heterocycles. The van der Waals surface area contributed by atoms with Gasteiger partial charge < -0.3 is 19.3 Å². The lowest BCUT2D eigenvalue weighted by atomic mass is 9.67. The van der Waals surface area contributed by atoms with Gasteiger partial charge in [0.05, 0.1) is 0 Å². The third kappa shape index (κ3) is 3.49. The zero-order valence-corrected chi connectivity index (χ0v) is 31.0. The third-order valence-corrected chi connectivity index (χ3v) is 14.0. The molecular formula is C46H48N2O2. The van der Waals surface area contributed by atoms with E-state index in [0.717, 1.165) is 74.9 Å². The normalized spacial score (nSPS) is 21.8. The summed E-state index contributed by atoms with van der Waals surface area (Å²) in [7, 11) is 0. The Balaban J connectivity index is 1.30. The highest BCUT2D eigenvalue weighted by atomic mass is 16.5. The number of hydrogen-bond donors (Lipinski definition) is 0. The maximum atomic E-state index is 7.28. The maximum Gasteiger partial charge on any atom is 0.141 e. The van der Waals surface area contributed by atoms with Crippen molar-refractivity contribution in [1.82, 2.24) is 0 Å². The Morgan fingerprint density at radius 1 is 0.500 bits per heavy atom. The average molecular weight is 661 g/mol. The van der Waals surface area contributed by atoms with Gasteiger partial charge in [-0.25, -0.2) is 0 Å². The van der Waals surface area contributed by atoms with Crippen molar-refractivity contribution in [2.24, 2.45) is 0 Å². The Morgan fingerprint density at radius 3 is 1.28 bits per heavy atom. The lowest BCUT2D eigenvalue weighted by Crippen LogP contribution is -2.45. The molecule has 6 aliphatic rings. The molecule has 5 aromatic carbocycles. The molecule has 0 fully saturated rings. The van der Waals surface area contributed by atoms with Gasteiger partial charge in [0.2, 0.25) is 0 Å². The third-order valence-electron chi connectivity index (χ3n) is 14.0. The Kier molecular flexibility index (Phi) is 5.31. The van der Waals surface area contributed by atoms with Crippen LogP contribution in [0.2, 0.25) is 0 Å². The molecule has 50 heavy (non-hydrogen) atoms. The van der Waals surface area contributed by atoms with Gasteiger partial charge in [-0.05, 0) is 93.5 Å². The van der Waals surface area contributed by atoms with Crippen LogP contribution in [0.3, 0.4) is 0 Å². The lowest BCUT2D eigenvalue weighted by Gasteiger charge is -2.49. The molecule has 6 aliphatic heterocycles. The monoisotopic (exact) mass is 660 g/mol. The minimum Gasteiger partial charge on any atom is -0.456 e. The Hall–Kier alpha value is -4.18. The van der Waals surface area contributed by atoms with E-state index in [1.165, 1.54) is 77.4 Å². The first-order chi connectivity index (χ1) is 23.8. The molecule has 0 unspecified atom stereocenters. The van der Waals surface area contributed by atoms with Crippen molar-refractivity contribution in [2.45, 2.75) is 103 Å². The van der Waals surface area contributed by atoms with Crippen LogP contribution < -0.4 is 19.3 Å². The first kappa shape index (κ1) is 29.5. The Labute approximate surface area is 296 Å². The van der Waals surface area contributed by atoms with E-state index in [0.29, 0.717) is 0 Å². The molecule has 11 rings (SSSR count). The number of benzene rings is 5. The summed E-state index contributed by atoms with van der Waals surface area (Å²) in [6, 6.07) is 18.6. The number of ether oxygens (including phenoxy) is 2. The topological polar surface area (TPSA) is 24.9 Å². The second-order valence-electron chi connectivity index (χ2n) is 18.9. The van der Waals surface area contributed by atoms with E-state index >= 15 is 0 Å². The van der Waals surface area contributed by atoms with E-state index in [-0.39, 0.29) is 21.7 Å². The fourth-order valence-electron chi connectivity index (χ4n) is 10.9. The van der Waals surface area contributed by atoms with Crippen LogP contribution in [0.4, 0.5) is 11.4 Å². The summed E-state index contributed by atoms with van der Waals surface area (Å²) >= 11 is 0. The van der Waals surface area contributed by atoms with E-state index in [1.807, 2.05) is 0 Å². The van der Waals surface area contributed by atoms with Crippen LogP contribution in [0.1, 0.15) is 103 Å². The Morgan fingerprint density at radius 2 is 0.880 bits per heavy atom. The smallest absolute Gasteiger partial charge is 0.141 e. The van der Waals surface area contributed by atoms with Gasteiger partial charge in [0.15, 0.2) is 0 Å². The first-order valence-corrected chi connectivity index (χ1v) is 19.1. The van der Waals surface area contributed by atoms with Crippen LogP contribution in [0.25, 0.3) is 43.8 Å². The fourth-order valence-corrected chi connectivity index (χ4v) is 10.9. The van der Waals surface area contributed by atoms with E-state index in [1.54, 1.807) is 0 Å². The molecule has 4 heteroatoms. The molecular weight excluding hydrogens is 613 g/mol. The zero-order valence-electron chi connectivity index (χ0n) is 31.0. The highest BCUT2D eigenvalue weighted by Gasteiger charge is 2.47. The van der Waals surface area contributed by atoms with Crippen molar-refractivity contribution in [3.05, 3.63) is 70.8 Å². The quantitative estimate of drug-likeness (QED) is 0.151. The number of anilines is 2. The summed E-state index contributed by atoms with van der Waals surface area (Å²) in [6.45, 7) is 23.9. The predicted octanol–water partition coefficient (Wildman–Crippen LogP) is 11.9. The summed E-state index contributed by atoms with van der Waals surface area (Å²) in [5, 5.41) is 5.02. The van der Waals surface area contributed by atoms with Gasteiger partial charge >= 0.3 is 0 Å². The van der Waals surface area contributed by atoms with Gasteiger partial charge in [-0.2, -0.15) is 0 Å². The van der Waals surface area contributed by atoms with Crippen molar-refractivity contribution < 1.29 is 9.47 Å². The molecule has 0 bridgehead atoms. The first-order valence-electron chi connectivity index (χ1n) is 19.1. The average Bonchev–Trinajstić information content (AvgIpc) is 3.07. The van der Waals surface area contributed by atoms with Gasteiger partial charge in [0.25, 0.3) is 0 Å². The fraction of sp³-hybridized carbons (Fsp3) is 0.435. The predicted molar refractivity (Wildman–Crippen MR) is 207 cm³/mol. The van der Waals surface area contributed by atoms with Gasteiger partial charge in [-0.3, -0.25) is 0 Å². The van der Waals surface area contributed by atoms with E-state index < -0.39 is 0 Å². The van der Waals surface area contributed by atoms with Gasteiger partial charge in [-0.1, -0.05) is 79.7 Å². The molecule has 0 N–H and O–H groups in total. The van der Waals surface area contributed by atoms with Crippen LogP contribution in [0.15, 0.2) is 48.5 Å².